The molecule has 9 heteroatoms. The number of thiazole rings is 1. The Morgan fingerprint density at radius 3 is 2.80 bits per heavy atom. The Morgan fingerprint density at radius 1 is 1.27 bits per heavy atom. The summed E-state index contributed by atoms with van der Waals surface area (Å²) in [6.07, 6.45) is 3.15. The highest BCUT2D eigenvalue weighted by atomic mass is 32.1. The van der Waals surface area contributed by atoms with E-state index < -0.39 is 0 Å². The Kier molecular flexibility index (Phi) is 6.32. The van der Waals surface area contributed by atoms with Crippen LogP contribution in [0.15, 0.2) is 43.1 Å². The van der Waals surface area contributed by atoms with Crippen molar-refractivity contribution in [3.05, 3.63) is 54.5 Å². The van der Waals surface area contributed by atoms with Crippen molar-refractivity contribution in [3.63, 3.8) is 0 Å². The van der Waals surface area contributed by atoms with Crippen LogP contribution in [0.3, 0.4) is 0 Å². The van der Waals surface area contributed by atoms with Crippen LogP contribution in [-0.4, -0.2) is 63.9 Å². The first-order valence-electron chi connectivity index (χ1n) is 9.75. The molecule has 0 radical (unpaired) electrons. The molecule has 0 atom stereocenters. The van der Waals surface area contributed by atoms with Gasteiger partial charge in [0.1, 0.15) is 10.3 Å². The van der Waals surface area contributed by atoms with Crippen molar-refractivity contribution < 1.29 is 9.53 Å². The van der Waals surface area contributed by atoms with Crippen LogP contribution in [0.25, 0.3) is 10.3 Å². The summed E-state index contributed by atoms with van der Waals surface area (Å²) in [6, 6.07) is 7.86. The number of nitrogens with one attached hydrogen (secondary N) is 1. The number of piperazine rings is 1. The van der Waals surface area contributed by atoms with Crippen LogP contribution >= 0.6 is 11.3 Å². The number of hydrogen-bond acceptors (Lipinski definition) is 8. The molecule has 0 saturated carbocycles. The van der Waals surface area contributed by atoms with Crippen LogP contribution in [0.1, 0.15) is 11.4 Å². The topological polar surface area (TPSA) is 83.5 Å². The molecule has 0 aromatic carbocycles. The molecule has 156 valence electrons. The lowest BCUT2D eigenvalue weighted by Gasteiger charge is -2.34. The predicted molar refractivity (Wildman–Crippen MR) is 118 cm³/mol. The van der Waals surface area contributed by atoms with Gasteiger partial charge in [0.05, 0.1) is 18.0 Å². The summed E-state index contributed by atoms with van der Waals surface area (Å²) < 4.78 is 5.30. The number of carbonyl (C=O) groups is 1. The molecule has 30 heavy (non-hydrogen) atoms. The molecule has 1 fully saturated rings. The molecule has 4 rings (SSSR count). The summed E-state index contributed by atoms with van der Waals surface area (Å²) in [5.74, 6) is -0.00771. The first-order chi connectivity index (χ1) is 14.6. The summed E-state index contributed by atoms with van der Waals surface area (Å²) >= 11 is 1.52. The normalized spacial score (nSPS) is 14.8. The fourth-order valence-electron chi connectivity index (χ4n) is 3.46. The van der Waals surface area contributed by atoms with Crippen LogP contribution in [0, 0.1) is 0 Å². The zero-order chi connectivity index (χ0) is 20.9. The average molecular weight is 425 g/mol. The summed E-state index contributed by atoms with van der Waals surface area (Å²) in [6.45, 7) is 7.73. The summed E-state index contributed by atoms with van der Waals surface area (Å²) in [7, 11) is 1.66. The number of ether oxygens (including phenoxy) is 1. The zero-order valence-corrected chi connectivity index (χ0v) is 17.7. The number of pyridine rings is 2. The van der Waals surface area contributed by atoms with Crippen molar-refractivity contribution in [3.8, 4) is 0 Å². The average Bonchev–Trinajstić information content (AvgIpc) is 3.16. The smallest absolute Gasteiger partial charge is 0.246 e. The molecule has 1 saturated heterocycles. The van der Waals surface area contributed by atoms with E-state index >= 15 is 0 Å². The van der Waals surface area contributed by atoms with Crippen LogP contribution in [0.5, 0.6) is 0 Å². The Bertz CT molecular complexity index is 1010. The van der Waals surface area contributed by atoms with Gasteiger partial charge in [-0.2, -0.15) is 0 Å². The Hall–Kier alpha value is -2.88. The van der Waals surface area contributed by atoms with Gasteiger partial charge in [0.25, 0.3) is 0 Å². The number of carbonyl (C=O) groups excluding carboxylic acids is 1. The number of methoxy groups -OCH3 is 1. The largest absolute Gasteiger partial charge is 0.378 e. The van der Waals surface area contributed by atoms with Crippen LogP contribution in [0.2, 0.25) is 0 Å². The zero-order valence-electron chi connectivity index (χ0n) is 16.9. The molecule has 0 spiro atoms. The Labute approximate surface area is 179 Å². The van der Waals surface area contributed by atoms with Crippen LogP contribution < -0.4 is 5.32 Å². The first-order valence-corrected chi connectivity index (χ1v) is 10.6. The molecular weight excluding hydrogens is 400 g/mol. The van der Waals surface area contributed by atoms with Crippen molar-refractivity contribution in [2.24, 2.45) is 0 Å². The van der Waals surface area contributed by atoms with Gasteiger partial charge in [0, 0.05) is 51.7 Å². The highest BCUT2D eigenvalue weighted by molar-refractivity contribution is 7.21. The van der Waals surface area contributed by atoms with Gasteiger partial charge >= 0.3 is 0 Å². The third kappa shape index (κ3) is 4.81. The van der Waals surface area contributed by atoms with E-state index in [1.807, 2.05) is 29.2 Å². The standard InChI is InChI=1S/C21H24N6O2S/c1-3-19(28)27-9-7-26(8-10-27)13-16-11-15(12-17(23-16)14-29-2)24-21-25-18-5-4-6-22-20(18)30-21/h3-6,11-12H,1,7-10,13-14H2,2H3,(H,23,24,25). The number of nitrogens with zero attached hydrogens (tertiary/aromatic N) is 5. The van der Waals surface area contributed by atoms with Crippen molar-refractivity contribution in [2.45, 2.75) is 13.2 Å². The fourth-order valence-corrected chi connectivity index (χ4v) is 4.28. The minimum absolute atomic E-state index is 0.00771. The van der Waals surface area contributed by atoms with Crippen molar-refractivity contribution in [2.75, 3.05) is 38.6 Å². The highest BCUT2D eigenvalue weighted by Crippen LogP contribution is 2.27. The maximum Gasteiger partial charge on any atom is 0.246 e. The van der Waals surface area contributed by atoms with E-state index in [1.54, 1.807) is 13.3 Å². The second kappa shape index (κ2) is 9.29. The molecule has 1 aliphatic rings. The molecule has 1 aliphatic heterocycles. The molecule has 0 bridgehead atoms. The van der Waals surface area contributed by atoms with Gasteiger partial charge in [-0.15, -0.1) is 0 Å². The minimum Gasteiger partial charge on any atom is -0.378 e. The Balaban J connectivity index is 1.48. The second-order valence-electron chi connectivity index (χ2n) is 7.05. The van der Waals surface area contributed by atoms with Crippen molar-refractivity contribution >= 4 is 38.4 Å². The third-order valence-corrected chi connectivity index (χ3v) is 5.78. The maximum absolute atomic E-state index is 11.8. The summed E-state index contributed by atoms with van der Waals surface area (Å²) in [4.78, 5) is 30.5. The number of hydrogen-bond donors (Lipinski definition) is 1. The predicted octanol–water partition coefficient (Wildman–Crippen LogP) is 2.81. The van der Waals surface area contributed by atoms with Gasteiger partial charge in [-0.1, -0.05) is 17.9 Å². The lowest BCUT2D eigenvalue weighted by Crippen LogP contribution is -2.47. The molecule has 1 N–H and O–H groups in total. The molecule has 3 aromatic rings. The number of rotatable bonds is 7. The Morgan fingerprint density at radius 2 is 2.07 bits per heavy atom. The van der Waals surface area contributed by atoms with Gasteiger partial charge in [-0.25, -0.2) is 9.97 Å². The molecule has 3 aromatic heterocycles. The number of amides is 1. The van der Waals surface area contributed by atoms with E-state index in [1.165, 1.54) is 17.4 Å². The van der Waals surface area contributed by atoms with Gasteiger partial charge in [0.15, 0.2) is 5.13 Å². The monoisotopic (exact) mass is 424 g/mol. The van der Waals surface area contributed by atoms with E-state index in [4.69, 9.17) is 9.72 Å². The molecule has 4 heterocycles. The molecular formula is C21H24N6O2S. The fraction of sp³-hybridized carbons (Fsp3) is 0.333. The van der Waals surface area contributed by atoms with E-state index in [9.17, 15) is 4.79 Å². The third-order valence-electron chi connectivity index (χ3n) is 4.89. The van der Waals surface area contributed by atoms with Gasteiger partial charge in [0.2, 0.25) is 5.91 Å². The molecule has 0 unspecified atom stereocenters. The maximum atomic E-state index is 11.8. The lowest BCUT2D eigenvalue weighted by atomic mass is 10.2. The van der Waals surface area contributed by atoms with E-state index in [-0.39, 0.29) is 5.91 Å². The number of fused-ring (bicyclic) bond motifs is 1. The quantitative estimate of drug-likeness (QED) is 0.584. The van der Waals surface area contributed by atoms with E-state index in [0.717, 1.165) is 45.6 Å². The molecule has 1 amide bonds. The van der Waals surface area contributed by atoms with Gasteiger partial charge in [-0.3, -0.25) is 14.7 Å². The minimum atomic E-state index is -0.00771. The summed E-state index contributed by atoms with van der Waals surface area (Å²) in [5, 5.41) is 4.18. The highest BCUT2D eigenvalue weighted by Gasteiger charge is 2.20. The van der Waals surface area contributed by atoms with Crippen LogP contribution in [-0.2, 0) is 22.7 Å². The van der Waals surface area contributed by atoms with Gasteiger partial charge < -0.3 is 15.0 Å². The molecule has 0 aliphatic carbocycles. The molecule has 8 nitrogen and oxygen atoms in total. The first kappa shape index (κ1) is 20.4. The van der Waals surface area contributed by atoms with Crippen LogP contribution in [0.4, 0.5) is 10.8 Å². The van der Waals surface area contributed by atoms with E-state index in [2.05, 4.69) is 26.8 Å². The van der Waals surface area contributed by atoms with E-state index in [0.29, 0.717) is 26.2 Å². The van der Waals surface area contributed by atoms with Crippen molar-refractivity contribution in [1.82, 2.24) is 24.8 Å². The second-order valence-corrected chi connectivity index (χ2v) is 8.03. The van der Waals surface area contributed by atoms with Crippen molar-refractivity contribution in [1.29, 1.82) is 0 Å². The van der Waals surface area contributed by atoms with Gasteiger partial charge in [-0.05, 0) is 30.3 Å². The SMILES string of the molecule is C=CC(=O)N1CCN(Cc2cc(Nc3nc4cccnc4s3)cc(COC)n2)CC1. The number of anilines is 2. The lowest BCUT2D eigenvalue weighted by molar-refractivity contribution is -0.127. The number of aromatic nitrogens is 3. The summed E-state index contributed by atoms with van der Waals surface area (Å²) in [5.41, 5.74) is 3.61.